The van der Waals surface area contributed by atoms with Gasteiger partial charge in [0.05, 0.1) is 23.9 Å². The molecule has 8 nitrogen and oxygen atoms in total. The van der Waals surface area contributed by atoms with Gasteiger partial charge < -0.3 is 14.8 Å². The highest BCUT2D eigenvalue weighted by Gasteiger charge is 2.39. The molecule has 0 spiro atoms. The molecule has 1 heterocycles. The Morgan fingerprint density at radius 2 is 1.43 bits per heavy atom. The number of benzene rings is 3. The molecule has 0 fully saturated rings. The van der Waals surface area contributed by atoms with Crippen molar-refractivity contribution in [2.75, 3.05) is 17.3 Å². The summed E-state index contributed by atoms with van der Waals surface area (Å²) < 4.78 is 9.95. The number of carbonyl (C=O) groups excluding carboxylic acids is 4. The van der Waals surface area contributed by atoms with E-state index in [4.69, 9.17) is 16.3 Å². The molecule has 4 rings (SSSR count). The summed E-state index contributed by atoms with van der Waals surface area (Å²) in [6.45, 7) is 1.79. The van der Waals surface area contributed by atoms with Crippen molar-refractivity contribution in [3.8, 4) is 5.75 Å². The van der Waals surface area contributed by atoms with Crippen molar-refractivity contribution in [3.05, 3.63) is 100 Å². The molecule has 1 N–H and O–H groups in total. The largest absolute Gasteiger partial charge is 0.465 e. The first-order valence-corrected chi connectivity index (χ1v) is 10.8. The van der Waals surface area contributed by atoms with E-state index in [2.05, 4.69) is 10.1 Å². The number of methoxy groups -OCH3 is 1. The number of ether oxygens (including phenoxy) is 2. The number of nitrogens with one attached hydrogen (secondary N) is 1. The number of rotatable bonds is 6. The van der Waals surface area contributed by atoms with Gasteiger partial charge in [-0.2, -0.15) is 0 Å². The lowest BCUT2D eigenvalue weighted by molar-refractivity contribution is -0.120. The van der Waals surface area contributed by atoms with Crippen molar-refractivity contribution in [2.24, 2.45) is 0 Å². The lowest BCUT2D eigenvalue weighted by Gasteiger charge is -2.17. The molecule has 3 aromatic carbocycles. The van der Waals surface area contributed by atoms with E-state index in [1.165, 1.54) is 43.5 Å². The van der Waals surface area contributed by atoms with E-state index in [0.29, 0.717) is 16.9 Å². The van der Waals surface area contributed by atoms with Gasteiger partial charge in [-0.25, -0.2) is 14.5 Å². The van der Waals surface area contributed by atoms with Crippen molar-refractivity contribution in [1.82, 2.24) is 0 Å². The maximum Gasteiger partial charge on any atom is 0.343 e. The molecule has 0 saturated carbocycles. The van der Waals surface area contributed by atoms with Crippen LogP contribution in [-0.2, 0) is 14.3 Å². The first-order valence-electron chi connectivity index (χ1n) is 10.4. The number of carbonyl (C=O) groups is 4. The standard InChI is InChI=1S/C26H19ClN2O6/c1-15-5-3-4-6-20(15)29-23(30)21(27)22(24(29)31)28-18-11-7-17(8-12-18)26(33)35-19-13-9-16(10-14-19)25(32)34-2/h3-14,28H,1-2H3. The molecule has 0 aliphatic carbocycles. The van der Waals surface area contributed by atoms with Gasteiger partial charge in [0.15, 0.2) is 0 Å². The summed E-state index contributed by atoms with van der Waals surface area (Å²) in [7, 11) is 1.28. The molecule has 9 heteroatoms. The van der Waals surface area contributed by atoms with Crippen molar-refractivity contribution in [1.29, 1.82) is 0 Å². The van der Waals surface area contributed by atoms with Crippen LogP contribution in [-0.4, -0.2) is 30.9 Å². The van der Waals surface area contributed by atoms with Crippen molar-refractivity contribution in [2.45, 2.75) is 6.92 Å². The third-order valence-electron chi connectivity index (χ3n) is 5.26. The number of anilines is 2. The van der Waals surface area contributed by atoms with Crippen LogP contribution in [0.4, 0.5) is 11.4 Å². The Kier molecular flexibility index (Phi) is 6.66. The number of halogens is 1. The van der Waals surface area contributed by atoms with Crippen LogP contribution < -0.4 is 15.0 Å². The van der Waals surface area contributed by atoms with Crippen LogP contribution in [0.1, 0.15) is 26.3 Å². The average molecular weight is 491 g/mol. The van der Waals surface area contributed by atoms with Crippen LogP contribution in [0.2, 0.25) is 0 Å². The topological polar surface area (TPSA) is 102 Å². The van der Waals surface area contributed by atoms with Gasteiger partial charge in [-0.15, -0.1) is 0 Å². The van der Waals surface area contributed by atoms with Gasteiger partial charge in [-0.05, 0) is 67.1 Å². The van der Waals surface area contributed by atoms with Crippen LogP contribution in [0.5, 0.6) is 5.75 Å². The summed E-state index contributed by atoms with van der Waals surface area (Å²) in [5.41, 5.74) is 2.18. The van der Waals surface area contributed by atoms with E-state index in [-0.39, 0.29) is 22.0 Å². The van der Waals surface area contributed by atoms with Crippen LogP contribution in [0.15, 0.2) is 83.5 Å². The zero-order chi connectivity index (χ0) is 25.1. The summed E-state index contributed by atoms with van der Waals surface area (Å²) in [5, 5.41) is 2.64. The SMILES string of the molecule is COC(=O)c1ccc(OC(=O)c2ccc(NC3=C(Cl)C(=O)N(c4ccccc4C)C3=O)cc2)cc1. The van der Waals surface area contributed by atoms with Crippen LogP contribution in [0, 0.1) is 6.92 Å². The second kappa shape index (κ2) is 9.82. The van der Waals surface area contributed by atoms with Crippen molar-refractivity contribution in [3.63, 3.8) is 0 Å². The van der Waals surface area contributed by atoms with E-state index in [9.17, 15) is 19.2 Å². The monoisotopic (exact) mass is 490 g/mol. The van der Waals surface area contributed by atoms with Crippen LogP contribution in [0.3, 0.4) is 0 Å². The predicted molar refractivity (Wildman–Crippen MR) is 129 cm³/mol. The van der Waals surface area contributed by atoms with Gasteiger partial charge in [0, 0.05) is 5.69 Å². The zero-order valence-electron chi connectivity index (χ0n) is 18.7. The smallest absolute Gasteiger partial charge is 0.343 e. The molecule has 0 bridgehead atoms. The molecule has 2 amide bonds. The summed E-state index contributed by atoms with van der Waals surface area (Å²) in [5.74, 6) is -2.05. The number of hydrogen-bond donors (Lipinski definition) is 1. The van der Waals surface area contributed by atoms with Gasteiger partial charge in [0.25, 0.3) is 11.8 Å². The molecular weight excluding hydrogens is 472 g/mol. The van der Waals surface area contributed by atoms with E-state index in [0.717, 1.165) is 10.5 Å². The number of nitrogens with zero attached hydrogens (tertiary/aromatic N) is 1. The summed E-state index contributed by atoms with van der Waals surface area (Å²) in [6.07, 6.45) is 0. The van der Waals surface area contributed by atoms with Crippen molar-refractivity contribution < 1.29 is 28.7 Å². The quantitative estimate of drug-likeness (QED) is 0.309. The fourth-order valence-electron chi connectivity index (χ4n) is 3.42. The number of imide groups is 1. The fourth-order valence-corrected chi connectivity index (χ4v) is 3.63. The maximum absolute atomic E-state index is 12.9. The third kappa shape index (κ3) is 4.78. The Labute approximate surface area is 205 Å². The highest BCUT2D eigenvalue weighted by molar-refractivity contribution is 6.53. The third-order valence-corrected chi connectivity index (χ3v) is 5.61. The van der Waals surface area contributed by atoms with Crippen molar-refractivity contribution >= 4 is 46.7 Å². The second-order valence-electron chi connectivity index (χ2n) is 7.53. The molecular formula is C26H19ClN2O6. The minimum atomic E-state index is -0.619. The first-order chi connectivity index (χ1) is 16.8. The van der Waals surface area contributed by atoms with E-state index >= 15 is 0 Å². The first kappa shape index (κ1) is 23.7. The number of aryl methyl sites for hydroxylation is 1. The summed E-state index contributed by atoms with van der Waals surface area (Å²) in [4.78, 5) is 50.6. The highest BCUT2D eigenvalue weighted by Crippen LogP contribution is 2.31. The molecule has 35 heavy (non-hydrogen) atoms. The number of amides is 2. The maximum atomic E-state index is 12.9. The lowest BCUT2D eigenvalue weighted by Crippen LogP contribution is -2.32. The zero-order valence-corrected chi connectivity index (χ0v) is 19.5. The van der Waals surface area contributed by atoms with Gasteiger partial charge >= 0.3 is 11.9 Å². The Morgan fingerprint density at radius 1 is 0.829 bits per heavy atom. The molecule has 0 unspecified atom stereocenters. The van der Waals surface area contributed by atoms with Crippen LogP contribution in [0.25, 0.3) is 0 Å². The Morgan fingerprint density at radius 3 is 2.06 bits per heavy atom. The molecule has 1 aliphatic rings. The molecule has 0 aromatic heterocycles. The summed E-state index contributed by atoms with van der Waals surface area (Å²) in [6, 6.07) is 19.1. The van der Waals surface area contributed by atoms with E-state index in [1.807, 2.05) is 6.07 Å². The molecule has 176 valence electrons. The summed E-state index contributed by atoms with van der Waals surface area (Å²) >= 11 is 6.18. The molecule has 0 saturated heterocycles. The second-order valence-corrected chi connectivity index (χ2v) is 7.91. The number of hydrogen-bond acceptors (Lipinski definition) is 7. The number of para-hydroxylation sites is 1. The van der Waals surface area contributed by atoms with E-state index < -0.39 is 23.8 Å². The van der Waals surface area contributed by atoms with Gasteiger partial charge in [0.1, 0.15) is 16.5 Å². The molecule has 1 aliphatic heterocycles. The van der Waals surface area contributed by atoms with Crippen LogP contribution >= 0.6 is 11.6 Å². The normalized spacial score (nSPS) is 13.2. The minimum absolute atomic E-state index is 0.0547. The average Bonchev–Trinajstić information content (AvgIpc) is 3.07. The number of esters is 2. The van der Waals surface area contributed by atoms with Gasteiger partial charge in [0.2, 0.25) is 0 Å². The molecule has 0 radical (unpaired) electrons. The fraction of sp³-hybridized carbons (Fsp3) is 0.0769. The Hall–Kier alpha value is -4.43. The van der Waals surface area contributed by atoms with Gasteiger partial charge in [-0.3, -0.25) is 9.59 Å². The Balaban J connectivity index is 1.45. The highest BCUT2D eigenvalue weighted by atomic mass is 35.5. The lowest BCUT2D eigenvalue weighted by atomic mass is 10.2. The molecule has 0 atom stereocenters. The predicted octanol–water partition coefficient (Wildman–Crippen LogP) is 4.44. The minimum Gasteiger partial charge on any atom is -0.465 e. The Bertz CT molecular complexity index is 1360. The van der Waals surface area contributed by atoms with Gasteiger partial charge in [-0.1, -0.05) is 29.8 Å². The molecule has 3 aromatic rings. The van der Waals surface area contributed by atoms with E-state index in [1.54, 1.807) is 37.3 Å².